The van der Waals surface area contributed by atoms with Crippen LogP contribution in [0, 0.1) is 0 Å². The van der Waals surface area contributed by atoms with Crippen LogP contribution in [0.4, 0.5) is 0 Å². The molecule has 0 saturated carbocycles. The summed E-state index contributed by atoms with van der Waals surface area (Å²) in [4.78, 5) is 0. The van der Waals surface area contributed by atoms with Crippen LogP contribution in [0.25, 0.3) is 0 Å². The molecule has 0 unspecified atom stereocenters. The summed E-state index contributed by atoms with van der Waals surface area (Å²) < 4.78 is 3.69. The second-order valence-electron chi connectivity index (χ2n) is 1.03. The molecular weight excluding hydrogens is 72.9 g/mol. The number of rotatable bonds is 0. The molecule has 30 valence electrons. The SMILES string of the molecule is [B]C(C)=[N+]=CC. The quantitative estimate of drug-likeness (QED) is 0.216. The van der Waals surface area contributed by atoms with Crippen molar-refractivity contribution in [2.24, 2.45) is 0 Å². The standard InChI is InChI=1S/C4H7BN/c1-3-6-4(2)5/h3H,1-2H3/q+1. The molecule has 0 rings (SSSR count). The average Bonchev–Trinajstić information content (AvgIpc) is 1.35. The number of hydrogen-bond acceptors (Lipinski definition) is 0. The Morgan fingerprint density at radius 3 is 2.33 bits per heavy atom. The van der Waals surface area contributed by atoms with Gasteiger partial charge in [0.05, 0.1) is 0 Å². The van der Waals surface area contributed by atoms with Crippen LogP contribution in [-0.2, 0) is 0 Å². The Bertz CT molecular complexity index is 85.7. The van der Waals surface area contributed by atoms with Crippen molar-refractivity contribution < 1.29 is 0 Å². The smallest absolute Gasteiger partial charge is 0.122 e. The first-order chi connectivity index (χ1) is 2.77. The molecule has 0 amide bonds. The van der Waals surface area contributed by atoms with Gasteiger partial charge in [0.2, 0.25) is 13.5 Å². The van der Waals surface area contributed by atoms with E-state index in [9.17, 15) is 0 Å². The van der Waals surface area contributed by atoms with Crippen molar-refractivity contribution in [1.82, 2.24) is 4.67 Å². The molecule has 0 aliphatic rings. The fraction of sp³-hybridized carbons (Fsp3) is 0.500. The van der Waals surface area contributed by atoms with E-state index in [0.29, 0.717) is 5.61 Å². The van der Waals surface area contributed by atoms with Crippen LogP contribution in [-0.4, -0.2) is 19.7 Å². The summed E-state index contributed by atoms with van der Waals surface area (Å²) in [5.41, 5.74) is 0.609. The Morgan fingerprint density at radius 2 is 2.33 bits per heavy atom. The highest BCUT2D eigenvalue weighted by Crippen LogP contribution is 1.43. The van der Waals surface area contributed by atoms with E-state index in [0.717, 1.165) is 0 Å². The zero-order chi connectivity index (χ0) is 4.99. The van der Waals surface area contributed by atoms with Crippen molar-refractivity contribution in [2.45, 2.75) is 13.8 Å². The lowest BCUT2D eigenvalue weighted by Gasteiger charge is -1.52. The van der Waals surface area contributed by atoms with E-state index in [-0.39, 0.29) is 0 Å². The zero-order valence-electron chi connectivity index (χ0n) is 4.10. The highest BCUT2D eigenvalue weighted by atomic mass is 14.5. The van der Waals surface area contributed by atoms with Gasteiger partial charge in [0.1, 0.15) is 0 Å². The summed E-state index contributed by atoms with van der Waals surface area (Å²) in [6, 6.07) is 0. The van der Waals surface area contributed by atoms with Gasteiger partial charge < -0.3 is 0 Å². The molecule has 0 aromatic carbocycles. The van der Waals surface area contributed by atoms with Crippen LogP contribution in [0.5, 0.6) is 0 Å². The maximum atomic E-state index is 5.12. The van der Waals surface area contributed by atoms with E-state index < -0.39 is 0 Å². The third-order valence-electron chi connectivity index (χ3n) is 0.333. The van der Waals surface area contributed by atoms with Crippen molar-refractivity contribution in [1.29, 1.82) is 0 Å². The van der Waals surface area contributed by atoms with Gasteiger partial charge in [-0.3, -0.25) is 0 Å². The fourth-order valence-corrected chi connectivity index (χ4v) is 0.204. The molecule has 0 aliphatic heterocycles. The maximum absolute atomic E-state index is 5.12. The Kier molecular flexibility index (Phi) is 2.52. The van der Waals surface area contributed by atoms with E-state index in [1.807, 2.05) is 6.92 Å². The molecule has 0 N–H and O–H groups in total. The second-order valence-corrected chi connectivity index (χ2v) is 1.03. The summed E-state index contributed by atoms with van der Waals surface area (Å²) in [6.07, 6.45) is 1.66. The summed E-state index contributed by atoms with van der Waals surface area (Å²) in [5, 5.41) is 0. The third kappa shape index (κ3) is 3.51. The normalized spacial score (nSPS) is 6.33. The minimum absolute atomic E-state index is 0.609. The van der Waals surface area contributed by atoms with E-state index in [1.54, 1.807) is 13.1 Å². The molecule has 0 aliphatic carbocycles. The largest absolute Gasteiger partial charge is 0.264 e. The molecule has 0 saturated heterocycles. The zero-order valence-corrected chi connectivity index (χ0v) is 4.10. The van der Waals surface area contributed by atoms with Crippen LogP contribution in [0.1, 0.15) is 13.8 Å². The minimum Gasteiger partial charge on any atom is -0.122 e. The first-order valence-corrected chi connectivity index (χ1v) is 1.85. The number of hydrogen-bond donors (Lipinski definition) is 0. The van der Waals surface area contributed by atoms with Crippen LogP contribution in [0.3, 0.4) is 0 Å². The molecule has 0 atom stereocenters. The van der Waals surface area contributed by atoms with Crippen LogP contribution in [0.15, 0.2) is 0 Å². The Hall–Kier alpha value is -0.485. The number of nitrogens with zero attached hydrogens (tertiary/aromatic N) is 1. The van der Waals surface area contributed by atoms with E-state index in [4.69, 9.17) is 7.85 Å². The van der Waals surface area contributed by atoms with Crippen LogP contribution >= 0.6 is 0 Å². The van der Waals surface area contributed by atoms with Gasteiger partial charge in [0.15, 0.2) is 0 Å². The van der Waals surface area contributed by atoms with Gasteiger partial charge in [-0.1, -0.05) is 0 Å². The van der Waals surface area contributed by atoms with Gasteiger partial charge in [-0.15, -0.1) is 4.67 Å². The van der Waals surface area contributed by atoms with Gasteiger partial charge in [-0.05, 0) is 0 Å². The highest BCUT2D eigenvalue weighted by molar-refractivity contribution is 6.58. The predicted molar refractivity (Wildman–Crippen MR) is 30.3 cm³/mol. The Labute approximate surface area is 39.2 Å². The molecule has 6 heavy (non-hydrogen) atoms. The van der Waals surface area contributed by atoms with Gasteiger partial charge in [0, 0.05) is 13.8 Å². The summed E-state index contributed by atoms with van der Waals surface area (Å²) in [7, 11) is 5.12. The molecule has 1 nitrogen and oxygen atoms in total. The first-order valence-electron chi connectivity index (χ1n) is 1.85. The van der Waals surface area contributed by atoms with Crippen LogP contribution < -0.4 is 4.67 Å². The summed E-state index contributed by atoms with van der Waals surface area (Å²) in [6.45, 7) is 3.58. The Morgan fingerprint density at radius 1 is 1.83 bits per heavy atom. The molecule has 0 bridgehead atoms. The van der Waals surface area contributed by atoms with Crippen molar-refractivity contribution in [2.75, 3.05) is 0 Å². The van der Waals surface area contributed by atoms with E-state index >= 15 is 0 Å². The van der Waals surface area contributed by atoms with Crippen molar-refractivity contribution >= 4 is 19.7 Å². The van der Waals surface area contributed by atoms with Crippen molar-refractivity contribution in [3.63, 3.8) is 0 Å². The second kappa shape index (κ2) is 2.74. The molecule has 2 radical (unpaired) electrons. The monoisotopic (exact) mass is 80.1 g/mol. The molecule has 2 heteroatoms. The van der Waals surface area contributed by atoms with E-state index in [2.05, 4.69) is 4.67 Å². The van der Waals surface area contributed by atoms with E-state index in [1.165, 1.54) is 0 Å². The lowest BCUT2D eigenvalue weighted by atomic mass is 10.1. The summed E-state index contributed by atoms with van der Waals surface area (Å²) >= 11 is 0. The average molecular weight is 79.9 g/mol. The van der Waals surface area contributed by atoms with Crippen molar-refractivity contribution in [3.05, 3.63) is 0 Å². The molecule has 0 aromatic rings. The maximum Gasteiger partial charge on any atom is 0.264 e. The molecular formula is C4H7BN+. The van der Waals surface area contributed by atoms with Crippen molar-refractivity contribution in [3.8, 4) is 0 Å². The fourth-order valence-electron chi connectivity index (χ4n) is 0.204. The third-order valence-corrected chi connectivity index (χ3v) is 0.333. The minimum atomic E-state index is 0.609. The lowest BCUT2D eigenvalue weighted by molar-refractivity contribution is 1.65. The first kappa shape index (κ1) is 5.51. The van der Waals surface area contributed by atoms with Crippen LogP contribution in [0.2, 0.25) is 0 Å². The molecule has 0 aromatic heterocycles. The molecule has 0 spiro atoms. The predicted octanol–water partition coefficient (Wildman–Crippen LogP) is -0.269. The van der Waals surface area contributed by atoms with Gasteiger partial charge in [-0.2, -0.15) is 0 Å². The topological polar surface area (TPSA) is 14.1 Å². The highest BCUT2D eigenvalue weighted by Gasteiger charge is 1.79. The molecule has 0 fully saturated rings. The Balaban J connectivity index is 3.73. The van der Waals surface area contributed by atoms with Gasteiger partial charge >= 0.3 is 0 Å². The lowest BCUT2D eigenvalue weighted by Crippen LogP contribution is -1.91. The summed E-state index contributed by atoms with van der Waals surface area (Å²) in [5.74, 6) is 0. The molecule has 0 heterocycles. The van der Waals surface area contributed by atoms with Gasteiger partial charge in [-0.25, -0.2) is 0 Å². The van der Waals surface area contributed by atoms with Gasteiger partial charge in [0.25, 0.3) is 6.21 Å².